The molecule has 2 N–H and O–H groups in total. The number of phenolic OH excluding ortho intramolecular Hbond substituents is 1. The number of aliphatic imine (C=N–C) groups is 1. The van der Waals surface area contributed by atoms with Crippen LogP contribution >= 0.6 is 0 Å². The molecule has 5 heteroatoms. The van der Waals surface area contributed by atoms with Gasteiger partial charge in [-0.2, -0.15) is 0 Å². The van der Waals surface area contributed by atoms with Gasteiger partial charge in [-0.15, -0.1) is 0 Å². The Bertz CT molecular complexity index is 456. The molecule has 0 amide bonds. The molecule has 1 aliphatic rings. The molecule has 1 atom stereocenters. The Morgan fingerprint density at radius 3 is 2.94 bits per heavy atom. The number of benzene rings is 1. The number of carboxylic acids is 1. The fourth-order valence-corrected chi connectivity index (χ4v) is 1.70. The lowest BCUT2D eigenvalue weighted by Crippen LogP contribution is -2.03. The fraction of sp³-hybridized carbons (Fsp3) is 0.333. The number of rotatable bonds is 4. The van der Waals surface area contributed by atoms with Crippen molar-refractivity contribution in [1.29, 1.82) is 0 Å². The van der Waals surface area contributed by atoms with E-state index in [1.165, 1.54) is 0 Å². The number of carbonyl (C=O) groups is 1. The van der Waals surface area contributed by atoms with E-state index in [1.54, 1.807) is 18.2 Å². The molecule has 0 saturated carbocycles. The van der Waals surface area contributed by atoms with E-state index in [4.69, 9.17) is 9.84 Å². The van der Waals surface area contributed by atoms with Gasteiger partial charge in [0.15, 0.2) is 5.90 Å². The second-order valence-corrected chi connectivity index (χ2v) is 3.80. The van der Waals surface area contributed by atoms with Gasteiger partial charge in [0, 0.05) is 12.0 Å². The van der Waals surface area contributed by atoms with Crippen molar-refractivity contribution in [3.05, 3.63) is 29.8 Å². The molecule has 5 nitrogen and oxygen atoms in total. The summed E-state index contributed by atoms with van der Waals surface area (Å²) in [4.78, 5) is 14.7. The highest BCUT2D eigenvalue weighted by atomic mass is 16.5. The molecule has 1 heterocycles. The maximum absolute atomic E-state index is 10.4. The van der Waals surface area contributed by atoms with Gasteiger partial charge in [0.05, 0.1) is 6.42 Å². The zero-order chi connectivity index (χ0) is 12.3. The third-order valence-electron chi connectivity index (χ3n) is 2.56. The van der Waals surface area contributed by atoms with Crippen LogP contribution in [-0.2, 0) is 9.53 Å². The minimum Gasteiger partial charge on any atom is -0.508 e. The van der Waals surface area contributed by atoms with Gasteiger partial charge < -0.3 is 14.9 Å². The Morgan fingerprint density at radius 1 is 1.47 bits per heavy atom. The first-order chi connectivity index (χ1) is 8.16. The lowest BCUT2D eigenvalue weighted by molar-refractivity contribution is -0.136. The average Bonchev–Trinajstić information content (AvgIpc) is 2.75. The van der Waals surface area contributed by atoms with E-state index in [9.17, 15) is 9.90 Å². The van der Waals surface area contributed by atoms with Crippen LogP contribution in [0.4, 0.5) is 0 Å². The second-order valence-electron chi connectivity index (χ2n) is 3.80. The number of phenols is 1. The number of hydrogen-bond acceptors (Lipinski definition) is 4. The van der Waals surface area contributed by atoms with Gasteiger partial charge in [0.2, 0.25) is 0 Å². The third kappa shape index (κ3) is 2.75. The van der Waals surface area contributed by atoms with Crippen molar-refractivity contribution in [1.82, 2.24) is 0 Å². The van der Waals surface area contributed by atoms with Gasteiger partial charge in [-0.25, -0.2) is 4.99 Å². The molecule has 0 bridgehead atoms. The number of aliphatic carboxylic acids is 1. The predicted molar refractivity (Wildman–Crippen MR) is 61.1 cm³/mol. The van der Waals surface area contributed by atoms with E-state index in [0.29, 0.717) is 24.5 Å². The van der Waals surface area contributed by atoms with Crippen LogP contribution < -0.4 is 0 Å². The highest BCUT2D eigenvalue weighted by Crippen LogP contribution is 2.30. The molecule has 1 aromatic rings. The van der Waals surface area contributed by atoms with E-state index < -0.39 is 5.97 Å². The summed E-state index contributed by atoms with van der Waals surface area (Å²) in [7, 11) is 0. The van der Waals surface area contributed by atoms with Gasteiger partial charge in [0.1, 0.15) is 18.4 Å². The van der Waals surface area contributed by atoms with Crippen molar-refractivity contribution < 1.29 is 19.7 Å². The number of nitrogens with zero attached hydrogens (tertiary/aromatic N) is 1. The molecule has 1 unspecified atom stereocenters. The zero-order valence-corrected chi connectivity index (χ0v) is 9.17. The van der Waals surface area contributed by atoms with E-state index in [2.05, 4.69) is 4.99 Å². The first kappa shape index (κ1) is 11.4. The fourth-order valence-electron chi connectivity index (χ4n) is 1.70. The van der Waals surface area contributed by atoms with Gasteiger partial charge in [-0.3, -0.25) is 4.79 Å². The molecule has 1 aromatic carbocycles. The highest BCUT2D eigenvalue weighted by molar-refractivity contribution is 5.82. The summed E-state index contributed by atoms with van der Waals surface area (Å²) in [6.07, 6.45) is 0.297. The number of hydrogen-bond donors (Lipinski definition) is 2. The van der Waals surface area contributed by atoms with Crippen LogP contribution in [0.15, 0.2) is 29.3 Å². The highest BCUT2D eigenvalue weighted by Gasteiger charge is 2.22. The summed E-state index contributed by atoms with van der Waals surface area (Å²) in [6, 6.07) is 6.70. The van der Waals surface area contributed by atoms with Crippen LogP contribution in [0.2, 0.25) is 0 Å². The molecule has 17 heavy (non-hydrogen) atoms. The van der Waals surface area contributed by atoms with Crippen LogP contribution in [0.3, 0.4) is 0 Å². The molecule has 0 saturated heterocycles. The minimum atomic E-state index is -0.873. The maximum atomic E-state index is 10.4. The summed E-state index contributed by atoms with van der Waals surface area (Å²) in [5, 5.41) is 18.2. The average molecular weight is 235 g/mol. The van der Waals surface area contributed by atoms with E-state index >= 15 is 0 Å². The van der Waals surface area contributed by atoms with E-state index in [-0.39, 0.29) is 18.2 Å². The van der Waals surface area contributed by atoms with Crippen LogP contribution in [0.5, 0.6) is 5.75 Å². The predicted octanol–water partition coefficient (Wildman–Crippen LogP) is 1.73. The largest absolute Gasteiger partial charge is 0.508 e. The van der Waals surface area contributed by atoms with Crippen LogP contribution in [0, 0.1) is 0 Å². The molecular weight excluding hydrogens is 222 g/mol. The number of aromatic hydroxyl groups is 1. The smallest absolute Gasteiger partial charge is 0.303 e. The van der Waals surface area contributed by atoms with Crippen molar-refractivity contribution in [3.8, 4) is 5.75 Å². The van der Waals surface area contributed by atoms with Crippen molar-refractivity contribution in [3.63, 3.8) is 0 Å². The Kier molecular flexibility index (Phi) is 3.27. The van der Waals surface area contributed by atoms with Gasteiger partial charge in [-0.05, 0) is 6.07 Å². The molecule has 1 aliphatic heterocycles. The SMILES string of the molecule is O=C(O)CCC1=NC(c2ccccc2O)CO1. The summed E-state index contributed by atoms with van der Waals surface area (Å²) >= 11 is 0. The molecular formula is C12H13NO4. The van der Waals surface area contributed by atoms with Gasteiger partial charge in [0.25, 0.3) is 0 Å². The van der Waals surface area contributed by atoms with Crippen molar-refractivity contribution >= 4 is 11.9 Å². The van der Waals surface area contributed by atoms with E-state index in [0.717, 1.165) is 0 Å². The second kappa shape index (κ2) is 4.86. The van der Waals surface area contributed by atoms with Crippen molar-refractivity contribution in [2.75, 3.05) is 6.61 Å². The number of ether oxygens (including phenoxy) is 1. The molecule has 2 rings (SSSR count). The molecule has 0 fully saturated rings. The Labute approximate surface area is 98.4 Å². The third-order valence-corrected chi connectivity index (χ3v) is 2.56. The van der Waals surface area contributed by atoms with E-state index in [1.807, 2.05) is 6.07 Å². The lowest BCUT2D eigenvalue weighted by Gasteiger charge is -2.06. The molecule has 90 valence electrons. The number of carboxylic acid groups (broad SMARTS) is 1. The Balaban J connectivity index is 2.06. The summed E-state index contributed by atoms with van der Waals surface area (Å²) in [5.74, 6) is -0.243. The quantitative estimate of drug-likeness (QED) is 0.832. The molecule has 0 aromatic heterocycles. The first-order valence-electron chi connectivity index (χ1n) is 5.36. The van der Waals surface area contributed by atoms with Gasteiger partial charge >= 0.3 is 5.97 Å². The lowest BCUT2D eigenvalue weighted by atomic mass is 10.1. The monoisotopic (exact) mass is 235 g/mol. The van der Waals surface area contributed by atoms with Crippen LogP contribution in [-0.4, -0.2) is 28.7 Å². The molecule has 0 aliphatic carbocycles. The minimum absolute atomic E-state index is 0.00627. The summed E-state index contributed by atoms with van der Waals surface area (Å²) in [5.41, 5.74) is 0.706. The van der Waals surface area contributed by atoms with Crippen molar-refractivity contribution in [2.24, 2.45) is 4.99 Å². The summed E-state index contributed by atoms with van der Waals surface area (Å²) < 4.78 is 5.30. The zero-order valence-electron chi connectivity index (χ0n) is 9.17. The standard InChI is InChI=1S/C12H13NO4/c14-10-4-2-1-3-8(10)9-7-17-11(13-9)5-6-12(15)16/h1-4,9,14H,5-7H2,(H,15,16). The number of para-hydroxylation sites is 1. The molecule has 0 spiro atoms. The first-order valence-corrected chi connectivity index (χ1v) is 5.36. The maximum Gasteiger partial charge on any atom is 0.303 e. The Hall–Kier alpha value is -2.04. The van der Waals surface area contributed by atoms with Crippen molar-refractivity contribution in [2.45, 2.75) is 18.9 Å². The van der Waals surface area contributed by atoms with Gasteiger partial charge in [-0.1, -0.05) is 18.2 Å². The van der Waals surface area contributed by atoms with Crippen LogP contribution in [0.1, 0.15) is 24.4 Å². The molecule has 0 radical (unpaired) electrons. The summed E-state index contributed by atoms with van der Waals surface area (Å²) in [6.45, 7) is 0.354. The Morgan fingerprint density at radius 2 is 2.24 bits per heavy atom. The topological polar surface area (TPSA) is 79.1 Å². The normalized spacial score (nSPS) is 18.6. The van der Waals surface area contributed by atoms with Crippen LogP contribution in [0.25, 0.3) is 0 Å².